The lowest BCUT2D eigenvalue weighted by Gasteiger charge is -2.38. The third kappa shape index (κ3) is 5.12. The topological polar surface area (TPSA) is 96.4 Å². The molecular formula is C28H44N2O6. The lowest BCUT2D eigenvalue weighted by molar-refractivity contribution is -0.160. The van der Waals surface area contributed by atoms with E-state index in [4.69, 9.17) is 9.47 Å². The molecule has 5 atom stereocenters. The predicted octanol–water partition coefficient (Wildman–Crippen LogP) is 3.24. The van der Waals surface area contributed by atoms with Crippen molar-refractivity contribution in [1.82, 2.24) is 9.80 Å². The molecule has 0 radical (unpaired) electrons. The van der Waals surface area contributed by atoms with Crippen molar-refractivity contribution in [2.24, 2.45) is 11.8 Å². The van der Waals surface area contributed by atoms with Crippen LogP contribution in [0.1, 0.15) is 72.1 Å². The van der Waals surface area contributed by atoms with Gasteiger partial charge in [-0.15, -0.1) is 13.2 Å². The Balaban J connectivity index is 1.91. The van der Waals surface area contributed by atoms with Gasteiger partial charge in [0.25, 0.3) is 0 Å². The summed E-state index contributed by atoms with van der Waals surface area (Å²) in [6.07, 6.45) is 9.19. The van der Waals surface area contributed by atoms with Crippen LogP contribution < -0.4 is 0 Å². The number of hydrogen-bond donors (Lipinski definition) is 1. The van der Waals surface area contributed by atoms with Crippen molar-refractivity contribution in [3.05, 3.63) is 25.3 Å². The van der Waals surface area contributed by atoms with Crippen LogP contribution in [0.15, 0.2) is 25.3 Å². The summed E-state index contributed by atoms with van der Waals surface area (Å²) in [6, 6.07) is -0.874. The summed E-state index contributed by atoms with van der Waals surface area (Å²) >= 11 is 0. The van der Waals surface area contributed by atoms with E-state index in [1.54, 1.807) is 15.9 Å². The lowest BCUT2D eigenvalue weighted by atomic mass is 9.66. The smallest absolute Gasteiger partial charge is 0.312 e. The highest BCUT2D eigenvalue weighted by molar-refractivity contribution is 5.98. The van der Waals surface area contributed by atoms with E-state index < -0.39 is 35.0 Å². The Hall–Kier alpha value is -2.19. The highest BCUT2D eigenvalue weighted by Crippen LogP contribution is 2.63. The van der Waals surface area contributed by atoms with Gasteiger partial charge in [0.1, 0.15) is 17.6 Å². The van der Waals surface area contributed by atoms with Crippen molar-refractivity contribution in [2.75, 3.05) is 26.3 Å². The van der Waals surface area contributed by atoms with Crippen LogP contribution in [0.3, 0.4) is 0 Å². The van der Waals surface area contributed by atoms with E-state index in [0.29, 0.717) is 45.4 Å². The van der Waals surface area contributed by atoms with Gasteiger partial charge in [0.15, 0.2) is 0 Å². The summed E-state index contributed by atoms with van der Waals surface area (Å²) in [5.41, 5.74) is -1.87. The summed E-state index contributed by atoms with van der Waals surface area (Å²) in [5, 5.41) is 9.18. The van der Waals surface area contributed by atoms with Crippen LogP contribution in [-0.4, -0.2) is 82.3 Å². The van der Waals surface area contributed by atoms with Crippen molar-refractivity contribution in [1.29, 1.82) is 0 Å². The van der Waals surface area contributed by atoms with Crippen LogP contribution in [0.2, 0.25) is 0 Å². The quantitative estimate of drug-likeness (QED) is 0.209. The fourth-order valence-electron chi connectivity index (χ4n) is 6.38. The SMILES string of the molecule is C=CCCCCOC(=O)[C@H]1[C@H]2C(=O)N(CCCCCO)C(C(=O)N(CC=C)C(C)C)C23CC[C@]1(C)O3. The maximum atomic E-state index is 14.0. The number of esters is 1. The number of aliphatic hydroxyl groups is 1. The molecule has 3 rings (SSSR count). The summed E-state index contributed by atoms with van der Waals surface area (Å²) < 4.78 is 12.3. The number of amides is 2. The van der Waals surface area contributed by atoms with Gasteiger partial charge < -0.3 is 24.4 Å². The Labute approximate surface area is 215 Å². The summed E-state index contributed by atoms with van der Waals surface area (Å²) in [5.74, 6) is -2.23. The molecule has 202 valence electrons. The lowest BCUT2D eigenvalue weighted by Crippen LogP contribution is -2.57. The first-order valence-corrected chi connectivity index (χ1v) is 13.5. The fraction of sp³-hybridized carbons (Fsp3) is 0.750. The molecule has 1 N–H and O–H groups in total. The van der Waals surface area contributed by atoms with Crippen LogP contribution in [0, 0.1) is 11.8 Å². The summed E-state index contributed by atoms with van der Waals surface area (Å²) in [4.78, 5) is 44.7. The van der Waals surface area contributed by atoms with Gasteiger partial charge in [-0.2, -0.15) is 0 Å². The molecule has 3 aliphatic rings. The Morgan fingerprint density at radius 3 is 2.58 bits per heavy atom. The second-order valence-corrected chi connectivity index (χ2v) is 10.9. The normalized spacial score (nSPS) is 30.5. The first kappa shape index (κ1) is 28.4. The zero-order chi connectivity index (χ0) is 26.5. The summed E-state index contributed by atoms with van der Waals surface area (Å²) in [6.45, 7) is 14.4. The fourth-order valence-corrected chi connectivity index (χ4v) is 6.38. The molecule has 36 heavy (non-hydrogen) atoms. The molecule has 0 aromatic rings. The highest BCUT2D eigenvalue weighted by Gasteiger charge is 2.78. The van der Waals surface area contributed by atoms with E-state index >= 15 is 0 Å². The average molecular weight is 505 g/mol. The molecule has 3 saturated heterocycles. The maximum Gasteiger partial charge on any atom is 0.312 e. The minimum atomic E-state index is -1.04. The van der Waals surface area contributed by atoms with Crippen LogP contribution >= 0.6 is 0 Å². The molecule has 2 unspecified atom stereocenters. The number of allylic oxidation sites excluding steroid dienone is 1. The number of hydrogen-bond acceptors (Lipinski definition) is 6. The Bertz CT molecular complexity index is 844. The first-order valence-electron chi connectivity index (χ1n) is 13.5. The zero-order valence-corrected chi connectivity index (χ0v) is 22.2. The Kier molecular flexibility index (Phi) is 9.39. The van der Waals surface area contributed by atoms with E-state index in [9.17, 15) is 19.5 Å². The molecule has 8 nitrogen and oxygen atoms in total. The van der Waals surface area contributed by atoms with Gasteiger partial charge >= 0.3 is 5.97 Å². The van der Waals surface area contributed by atoms with Gasteiger partial charge in [-0.1, -0.05) is 12.2 Å². The minimum absolute atomic E-state index is 0.0807. The number of carbonyl (C=O) groups excluding carboxylic acids is 3. The number of fused-ring (bicyclic) bond motifs is 1. The number of nitrogens with zero attached hydrogens (tertiary/aromatic N) is 2. The van der Waals surface area contributed by atoms with Gasteiger partial charge in [0.2, 0.25) is 11.8 Å². The number of carbonyl (C=O) groups is 3. The first-order chi connectivity index (χ1) is 17.2. The monoisotopic (exact) mass is 504 g/mol. The molecule has 0 aromatic carbocycles. The summed E-state index contributed by atoms with van der Waals surface area (Å²) in [7, 11) is 0. The molecule has 0 aliphatic carbocycles. The number of aliphatic hydroxyl groups excluding tert-OH is 1. The van der Waals surface area contributed by atoms with E-state index in [2.05, 4.69) is 13.2 Å². The largest absolute Gasteiger partial charge is 0.465 e. The van der Waals surface area contributed by atoms with E-state index in [0.717, 1.165) is 25.7 Å². The third-order valence-electron chi connectivity index (χ3n) is 8.10. The Morgan fingerprint density at radius 2 is 1.94 bits per heavy atom. The van der Waals surface area contributed by atoms with Crippen molar-refractivity contribution in [3.8, 4) is 0 Å². The van der Waals surface area contributed by atoms with Gasteiger partial charge in [-0.25, -0.2) is 0 Å². The number of unbranched alkanes of at least 4 members (excludes halogenated alkanes) is 4. The number of likely N-dealkylation sites (tertiary alicyclic amines) is 1. The van der Waals surface area contributed by atoms with Gasteiger partial charge in [-0.3, -0.25) is 14.4 Å². The van der Waals surface area contributed by atoms with Crippen LogP contribution in [-0.2, 0) is 23.9 Å². The van der Waals surface area contributed by atoms with Crippen molar-refractivity contribution in [2.45, 2.75) is 95.4 Å². The molecule has 3 fully saturated rings. The van der Waals surface area contributed by atoms with Crippen molar-refractivity contribution >= 4 is 17.8 Å². The second-order valence-electron chi connectivity index (χ2n) is 10.9. The van der Waals surface area contributed by atoms with Gasteiger partial charge in [-0.05, 0) is 72.1 Å². The molecule has 3 heterocycles. The van der Waals surface area contributed by atoms with Crippen molar-refractivity contribution in [3.63, 3.8) is 0 Å². The number of ether oxygens (including phenoxy) is 2. The van der Waals surface area contributed by atoms with Crippen LogP contribution in [0.4, 0.5) is 0 Å². The highest BCUT2D eigenvalue weighted by atomic mass is 16.6. The second kappa shape index (κ2) is 11.9. The van der Waals surface area contributed by atoms with Crippen LogP contribution in [0.25, 0.3) is 0 Å². The molecular weight excluding hydrogens is 460 g/mol. The average Bonchev–Trinajstić information content (AvgIpc) is 3.40. The van der Waals surface area contributed by atoms with E-state index in [1.807, 2.05) is 26.8 Å². The zero-order valence-electron chi connectivity index (χ0n) is 22.2. The molecule has 3 aliphatic heterocycles. The Morgan fingerprint density at radius 1 is 1.19 bits per heavy atom. The molecule has 0 aromatic heterocycles. The minimum Gasteiger partial charge on any atom is -0.465 e. The molecule has 2 bridgehead atoms. The molecule has 8 heteroatoms. The van der Waals surface area contributed by atoms with E-state index in [1.165, 1.54) is 0 Å². The van der Waals surface area contributed by atoms with Crippen molar-refractivity contribution < 1.29 is 29.0 Å². The predicted molar refractivity (Wildman–Crippen MR) is 137 cm³/mol. The third-order valence-corrected chi connectivity index (χ3v) is 8.10. The molecule has 1 spiro atoms. The molecule has 2 amide bonds. The number of rotatable bonds is 15. The standard InChI is InChI=1S/C28H44N2O6/c1-6-8-9-13-19-35-26(34)22-21-24(32)30(17-11-10-12-18-31)23(25(33)29(16-7-2)20(3)4)28(21)15-14-27(22,5)36-28/h6-7,20-23,31H,1-2,8-19H2,3-5H3/t21-,22+,23?,27-,28?/m0/s1. The van der Waals surface area contributed by atoms with E-state index in [-0.39, 0.29) is 24.5 Å². The maximum absolute atomic E-state index is 14.0. The van der Waals surface area contributed by atoms with Crippen LogP contribution in [0.5, 0.6) is 0 Å². The molecule has 0 saturated carbocycles. The van der Waals surface area contributed by atoms with Gasteiger partial charge in [0, 0.05) is 25.7 Å². The van der Waals surface area contributed by atoms with Gasteiger partial charge in [0.05, 0.1) is 18.1 Å².